The van der Waals surface area contributed by atoms with Gasteiger partial charge in [0.25, 0.3) is 0 Å². The molecule has 6 nitrogen and oxygen atoms in total. The van der Waals surface area contributed by atoms with Crippen LogP contribution in [0, 0.1) is 11.8 Å². The van der Waals surface area contributed by atoms with E-state index in [1.165, 1.54) is 225 Å². The van der Waals surface area contributed by atoms with Gasteiger partial charge in [-0.3, -0.25) is 14.4 Å². The van der Waals surface area contributed by atoms with Gasteiger partial charge < -0.3 is 14.2 Å². The van der Waals surface area contributed by atoms with Gasteiger partial charge in [-0.2, -0.15) is 0 Å². The molecule has 0 aromatic rings. The highest BCUT2D eigenvalue weighted by atomic mass is 16.6. The van der Waals surface area contributed by atoms with E-state index in [0.29, 0.717) is 19.3 Å². The van der Waals surface area contributed by atoms with Crippen molar-refractivity contribution in [3.05, 3.63) is 0 Å². The third kappa shape index (κ3) is 53.4. The average Bonchev–Trinajstić information content (AvgIpc) is 3.29. The second-order valence-electron chi connectivity index (χ2n) is 21.6. The van der Waals surface area contributed by atoms with Crippen molar-refractivity contribution in [3.8, 4) is 0 Å². The van der Waals surface area contributed by atoms with Crippen molar-refractivity contribution in [2.24, 2.45) is 11.8 Å². The normalized spacial score (nSPS) is 12.0. The minimum Gasteiger partial charge on any atom is -0.462 e. The van der Waals surface area contributed by atoms with Crippen LogP contribution in [0.2, 0.25) is 0 Å². The van der Waals surface area contributed by atoms with Crippen molar-refractivity contribution in [2.75, 3.05) is 13.2 Å². The molecular formula is C60H116O6. The smallest absolute Gasteiger partial charge is 0.306 e. The van der Waals surface area contributed by atoms with Crippen molar-refractivity contribution in [2.45, 2.75) is 343 Å². The number of hydrogen-bond acceptors (Lipinski definition) is 6. The highest BCUT2D eigenvalue weighted by molar-refractivity contribution is 5.71. The van der Waals surface area contributed by atoms with Gasteiger partial charge >= 0.3 is 17.9 Å². The van der Waals surface area contributed by atoms with Gasteiger partial charge in [-0.15, -0.1) is 0 Å². The van der Waals surface area contributed by atoms with Crippen LogP contribution in [-0.4, -0.2) is 37.2 Å². The van der Waals surface area contributed by atoms with E-state index in [-0.39, 0.29) is 31.1 Å². The summed E-state index contributed by atoms with van der Waals surface area (Å²) in [5, 5.41) is 0. The first-order valence-corrected chi connectivity index (χ1v) is 29.7. The van der Waals surface area contributed by atoms with E-state index >= 15 is 0 Å². The molecule has 0 unspecified atom stereocenters. The average molecular weight is 934 g/mol. The first kappa shape index (κ1) is 64.4. The molecule has 0 aromatic carbocycles. The molecule has 0 amide bonds. The molecule has 0 aliphatic carbocycles. The highest BCUT2D eigenvalue weighted by Crippen LogP contribution is 2.18. The summed E-state index contributed by atoms with van der Waals surface area (Å²) in [7, 11) is 0. The predicted molar refractivity (Wildman–Crippen MR) is 284 cm³/mol. The van der Waals surface area contributed by atoms with Gasteiger partial charge in [0.05, 0.1) is 0 Å². The Labute approximate surface area is 412 Å². The monoisotopic (exact) mass is 933 g/mol. The Morgan fingerprint density at radius 1 is 0.288 bits per heavy atom. The molecule has 0 fully saturated rings. The van der Waals surface area contributed by atoms with Crippen molar-refractivity contribution in [1.82, 2.24) is 0 Å². The maximum Gasteiger partial charge on any atom is 0.306 e. The van der Waals surface area contributed by atoms with Gasteiger partial charge in [0.1, 0.15) is 13.2 Å². The minimum atomic E-state index is -0.763. The fourth-order valence-corrected chi connectivity index (χ4v) is 9.23. The molecule has 0 saturated carbocycles. The molecule has 0 saturated heterocycles. The van der Waals surface area contributed by atoms with Gasteiger partial charge in [0.2, 0.25) is 0 Å². The summed E-state index contributed by atoms with van der Waals surface area (Å²) in [4.78, 5) is 38.2. The molecule has 0 N–H and O–H groups in total. The van der Waals surface area contributed by atoms with E-state index in [1.54, 1.807) is 0 Å². The second-order valence-corrected chi connectivity index (χ2v) is 21.6. The second kappa shape index (κ2) is 52.8. The third-order valence-electron chi connectivity index (χ3n) is 13.7. The van der Waals surface area contributed by atoms with Crippen LogP contribution in [0.3, 0.4) is 0 Å². The van der Waals surface area contributed by atoms with E-state index < -0.39 is 6.10 Å². The first-order chi connectivity index (χ1) is 32.2. The van der Waals surface area contributed by atoms with Gasteiger partial charge in [0, 0.05) is 19.3 Å². The molecule has 0 aliphatic rings. The van der Waals surface area contributed by atoms with Crippen LogP contribution in [0.5, 0.6) is 0 Å². The lowest BCUT2D eigenvalue weighted by Gasteiger charge is -2.18. The highest BCUT2D eigenvalue weighted by Gasteiger charge is 2.19. The predicted octanol–water partition coefficient (Wildman–Crippen LogP) is 19.7. The maximum atomic E-state index is 12.9. The number of rotatable bonds is 54. The fraction of sp³-hybridized carbons (Fsp3) is 0.950. The number of esters is 3. The van der Waals surface area contributed by atoms with E-state index in [2.05, 4.69) is 34.6 Å². The fourth-order valence-electron chi connectivity index (χ4n) is 9.23. The Kier molecular flexibility index (Phi) is 51.5. The van der Waals surface area contributed by atoms with Crippen LogP contribution in [-0.2, 0) is 28.6 Å². The molecule has 1 atom stereocenters. The number of carbonyl (C=O) groups excluding carboxylic acids is 3. The molecule has 0 heterocycles. The Balaban J connectivity index is 4.29. The molecule has 0 spiro atoms. The lowest BCUT2D eigenvalue weighted by molar-refractivity contribution is -0.167. The van der Waals surface area contributed by atoms with Crippen molar-refractivity contribution in [1.29, 1.82) is 0 Å². The van der Waals surface area contributed by atoms with Crippen LogP contribution in [0.15, 0.2) is 0 Å². The van der Waals surface area contributed by atoms with Crippen molar-refractivity contribution < 1.29 is 28.6 Å². The SMILES string of the molecule is CCCCCCCCCCCCCCCCCCCCCC(=O)O[C@H](COC(=O)CCCCCCCCCCCCCCC(C)C)COC(=O)CCCCCCCCCCCCCC(C)C. The number of ether oxygens (including phenoxy) is 3. The largest absolute Gasteiger partial charge is 0.462 e. The lowest BCUT2D eigenvalue weighted by Crippen LogP contribution is -2.30. The summed E-state index contributed by atoms with van der Waals surface area (Å²) in [5.74, 6) is 0.822. The van der Waals surface area contributed by atoms with E-state index in [9.17, 15) is 14.4 Å². The zero-order valence-corrected chi connectivity index (χ0v) is 45.3. The quantitative estimate of drug-likeness (QED) is 0.0343. The number of unbranched alkanes of at least 4 members (excludes halogenated alkanes) is 39. The van der Waals surface area contributed by atoms with Gasteiger partial charge in [-0.25, -0.2) is 0 Å². The molecule has 392 valence electrons. The van der Waals surface area contributed by atoms with E-state index in [1.807, 2.05) is 0 Å². The maximum absolute atomic E-state index is 12.9. The van der Waals surface area contributed by atoms with Crippen LogP contribution >= 0.6 is 0 Å². The van der Waals surface area contributed by atoms with Crippen LogP contribution in [0.4, 0.5) is 0 Å². The summed E-state index contributed by atoms with van der Waals surface area (Å²) < 4.78 is 16.9. The minimum absolute atomic E-state index is 0.0628. The zero-order valence-electron chi connectivity index (χ0n) is 45.3. The molecule has 0 aliphatic heterocycles. The molecule has 0 radical (unpaired) electrons. The topological polar surface area (TPSA) is 78.9 Å². The zero-order chi connectivity index (χ0) is 48.2. The first-order valence-electron chi connectivity index (χ1n) is 29.7. The van der Waals surface area contributed by atoms with E-state index in [4.69, 9.17) is 14.2 Å². The van der Waals surface area contributed by atoms with Crippen LogP contribution < -0.4 is 0 Å². The molecule has 66 heavy (non-hydrogen) atoms. The lowest BCUT2D eigenvalue weighted by atomic mass is 10.0. The van der Waals surface area contributed by atoms with Crippen molar-refractivity contribution >= 4 is 17.9 Å². The van der Waals surface area contributed by atoms with E-state index in [0.717, 1.165) is 69.6 Å². The van der Waals surface area contributed by atoms with Gasteiger partial charge in [-0.05, 0) is 31.1 Å². The Morgan fingerprint density at radius 2 is 0.500 bits per heavy atom. The number of carbonyl (C=O) groups is 3. The third-order valence-corrected chi connectivity index (χ3v) is 13.7. The summed E-state index contributed by atoms with van der Waals surface area (Å²) in [6, 6.07) is 0. The Morgan fingerprint density at radius 3 is 0.742 bits per heavy atom. The summed E-state index contributed by atoms with van der Waals surface area (Å²) in [5.41, 5.74) is 0. The molecule has 0 aromatic heterocycles. The molecular weight excluding hydrogens is 817 g/mol. The standard InChI is InChI=1S/C60H116O6/c1-6-7-8-9-10-11-12-13-14-15-16-17-18-19-26-32-37-42-47-52-60(63)66-57(54-65-59(62)51-46-41-36-31-27-22-24-29-34-39-44-49-56(4)5)53-64-58(61)50-45-40-35-30-25-21-20-23-28-33-38-43-48-55(2)3/h55-57H,6-54H2,1-5H3/t57-/m1/s1. The number of hydrogen-bond donors (Lipinski definition) is 0. The molecule has 6 heteroatoms. The Hall–Kier alpha value is -1.59. The Bertz CT molecular complexity index is 1010. The summed E-state index contributed by atoms with van der Waals surface area (Å²) in [6.45, 7) is 11.4. The van der Waals surface area contributed by atoms with Crippen LogP contribution in [0.25, 0.3) is 0 Å². The summed E-state index contributed by atoms with van der Waals surface area (Å²) in [6.07, 6.45) is 56.7. The molecule has 0 bridgehead atoms. The van der Waals surface area contributed by atoms with Crippen LogP contribution in [0.1, 0.15) is 336 Å². The van der Waals surface area contributed by atoms with Gasteiger partial charge in [0.15, 0.2) is 6.10 Å². The summed E-state index contributed by atoms with van der Waals surface area (Å²) >= 11 is 0. The van der Waals surface area contributed by atoms with Gasteiger partial charge in [-0.1, -0.05) is 298 Å². The van der Waals surface area contributed by atoms with Crippen molar-refractivity contribution in [3.63, 3.8) is 0 Å². The molecule has 0 rings (SSSR count).